The molecule has 1 aromatic carbocycles. The number of nitrogens with zero attached hydrogens (tertiary/aromatic N) is 1. The largest absolute Gasteiger partial charge is 0.352 e. The van der Waals surface area contributed by atoms with Crippen molar-refractivity contribution in [3.63, 3.8) is 0 Å². The zero-order valence-electron chi connectivity index (χ0n) is 16.3. The van der Waals surface area contributed by atoms with Gasteiger partial charge in [-0.3, -0.25) is 14.5 Å². The summed E-state index contributed by atoms with van der Waals surface area (Å²) in [4.78, 5) is 38.9. The zero-order valence-corrected chi connectivity index (χ0v) is 16.3. The smallest absolute Gasteiger partial charge is 0.325 e. The summed E-state index contributed by atoms with van der Waals surface area (Å²) in [5.41, 5.74) is -0.737. The molecule has 1 saturated heterocycles. The van der Waals surface area contributed by atoms with Crippen molar-refractivity contribution in [2.24, 2.45) is 5.92 Å². The van der Waals surface area contributed by atoms with Crippen molar-refractivity contribution >= 4 is 17.8 Å². The maximum Gasteiger partial charge on any atom is 0.325 e. The van der Waals surface area contributed by atoms with E-state index in [2.05, 4.69) is 10.6 Å². The fourth-order valence-corrected chi connectivity index (χ4v) is 3.07. The molecule has 1 aromatic rings. The second-order valence-corrected chi connectivity index (χ2v) is 7.44. The highest BCUT2D eigenvalue weighted by Gasteiger charge is 2.52. The maximum absolute atomic E-state index is 13.3. The van der Waals surface area contributed by atoms with Gasteiger partial charge in [-0.2, -0.15) is 0 Å². The molecule has 0 saturated carbocycles. The third kappa shape index (κ3) is 4.46. The minimum atomic E-state index is -1.26. The summed E-state index contributed by atoms with van der Waals surface area (Å²) >= 11 is 0. The third-order valence-corrected chi connectivity index (χ3v) is 5.11. The van der Waals surface area contributed by atoms with Gasteiger partial charge in [0.1, 0.15) is 17.9 Å². The normalized spacial score (nSPS) is 20.7. The molecule has 7 heteroatoms. The zero-order chi connectivity index (χ0) is 20.2. The first kappa shape index (κ1) is 20.9. The number of imide groups is 1. The van der Waals surface area contributed by atoms with E-state index < -0.39 is 23.3 Å². The Morgan fingerprint density at radius 1 is 1.22 bits per heavy atom. The number of urea groups is 1. The van der Waals surface area contributed by atoms with Crippen LogP contribution in [0.2, 0.25) is 0 Å². The van der Waals surface area contributed by atoms with Gasteiger partial charge >= 0.3 is 6.03 Å². The minimum absolute atomic E-state index is 0.0692. The van der Waals surface area contributed by atoms with Gasteiger partial charge in [-0.25, -0.2) is 9.18 Å². The molecule has 4 amide bonds. The van der Waals surface area contributed by atoms with Crippen LogP contribution in [-0.2, 0) is 15.1 Å². The van der Waals surface area contributed by atoms with E-state index in [0.29, 0.717) is 18.4 Å². The fraction of sp³-hybridized carbons (Fsp3) is 0.550. The van der Waals surface area contributed by atoms with Gasteiger partial charge in [-0.15, -0.1) is 0 Å². The summed E-state index contributed by atoms with van der Waals surface area (Å²) < 4.78 is 13.3. The van der Waals surface area contributed by atoms with Crippen molar-refractivity contribution in [3.05, 3.63) is 35.6 Å². The molecule has 1 fully saturated rings. The van der Waals surface area contributed by atoms with Crippen molar-refractivity contribution < 1.29 is 18.8 Å². The monoisotopic (exact) mass is 377 g/mol. The standard InChI is InChI=1S/C20H28FN3O3/c1-5-6-11-20(15-7-9-16(21)10-8-15)18(26)24(19(27)23-20)12-17(25)22-14(4)13(2)3/h7-10,13-14H,5-6,11-12H2,1-4H3,(H,22,25)(H,23,27). The number of rotatable bonds is 8. The van der Waals surface area contributed by atoms with Crippen LogP contribution in [0.1, 0.15) is 52.5 Å². The Kier molecular flexibility index (Phi) is 6.57. The van der Waals surface area contributed by atoms with Gasteiger partial charge in [0.05, 0.1) is 0 Å². The summed E-state index contributed by atoms with van der Waals surface area (Å²) in [5.74, 6) is -1.04. The van der Waals surface area contributed by atoms with Gasteiger partial charge in [0.2, 0.25) is 5.91 Å². The van der Waals surface area contributed by atoms with Crippen molar-refractivity contribution in [3.8, 4) is 0 Å². The van der Waals surface area contributed by atoms with Crippen LogP contribution in [0.3, 0.4) is 0 Å². The van der Waals surface area contributed by atoms with Gasteiger partial charge in [0.25, 0.3) is 5.91 Å². The quantitative estimate of drug-likeness (QED) is 0.684. The number of carbonyl (C=O) groups excluding carboxylic acids is 3. The van der Waals surface area contributed by atoms with E-state index in [-0.39, 0.29) is 24.4 Å². The Bertz CT molecular complexity index is 705. The van der Waals surface area contributed by atoms with Crippen LogP contribution < -0.4 is 10.6 Å². The highest BCUT2D eigenvalue weighted by atomic mass is 19.1. The van der Waals surface area contributed by atoms with Crippen molar-refractivity contribution in [1.82, 2.24) is 15.5 Å². The molecular weight excluding hydrogens is 349 g/mol. The Morgan fingerprint density at radius 2 is 1.85 bits per heavy atom. The van der Waals surface area contributed by atoms with E-state index in [0.717, 1.165) is 11.3 Å². The number of amides is 4. The lowest BCUT2D eigenvalue weighted by molar-refractivity contribution is -0.135. The molecule has 1 aliphatic rings. The predicted molar refractivity (Wildman–Crippen MR) is 100 cm³/mol. The van der Waals surface area contributed by atoms with Gasteiger partial charge in [0, 0.05) is 6.04 Å². The van der Waals surface area contributed by atoms with E-state index >= 15 is 0 Å². The lowest BCUT2D eigenvalue weighted by Gasteiger charge is -2.27. The summed E-state index contributed by atoms with van der Waals surface area (Å²) in [6.07, 6.45) is 1.92. The van der Waals surface area contributed by atoms with Gasteiger partial charge in [0.15, 0.2) is 0 Å². The Labute approximate surface area is 159 Å². The number of halogens is 1. The van der Waals surface area contributed by atoms with E-state index in [1.165, 1.54) is 24.3 Å². The topological polar surface area (TPSA) is 78.5 Å². The summed E-state index contributed by atoms with van der Waals surface area (Å²) in [6.45, 7) is 7.47. The Hall–Kier alpha value is -2.44. The average Bonchev–Trinajstić information content (AvgIpc) is 2.85. The number of benzene rings is 1. The molecule has 2 rings (SSSR count). The second kappa shape index (κ2) is 8.50. The number of carbonyl (C=O) groups is 3. The first-order valence-corrected chi connectivity index (χ1v) is 9.40. The van der Waals surface area contributed by atoms with Crippen LogP contribution in [0, 0.1) is 11.7 Å². The Morgan fingerprint density at radius 3 is 2.41 bits per heavy atom. The molecule has 1 heterocycles. The third-order valence-electron chi connectivity index (χ3n) is 5.11. The molecule has 2 unspecified atom stereocenters. The molecule has 2 atom stereocenters. The van der Waals surface area contributed by atoms with Crippen LogP contribution in [0.15, 0.2) is 24.3 Å². The molecule has 0 aliphatic carbocycles. The van der Waals surface area contributed by atoms with Crippen molar-refractivity contribution in [2.75, 3.05) is 6.54 Å². The number of hydrogen-bond donors (Lipinski definition) is 2. The molecular formula is C20H28FN3O3. The van der Waals surface area contributed by atoms with Crippen LogP contribution in [0.5, 0.6) is 0 Å². The lowest BCUT2D eigenvalue weighted by Crippen LogP contribution is -2.46. The molecule has 0 spiro atoms. The molecule has 0 aromatic heterocycles. The highest BCUT2D eigenvalue weighted by molar-refractivity contribution is 6.09. The molecule has 0 radical (unpaired) electrons. The number of unbranched alkanes of at least 4 members (excludes halogenated alkanes) is 1. The van der Waals surface area contributed by atoms with Crippen molar-refractivity contribution in [2.45, 2.75) is 58.5 Å². The molecule has 6 nitrogen and oxygen atoms in total. The average molecular weight is 377 g/mol. The van der Waals surface area contributed by atoms with Gasteiger partial charge in [-0.05, 0) is 37.0 Å². The first-order valence-electron chi connectivity index (χ1n) is 9.40. The molecule has 0 bridgehead atoms. The minimum Gasteiger partial charge on any atom is -0.352 e. The van der Waals surface area contributed by atoms with E-state index in [4.69, 9.17) is 0 Å². The summed E-state index contributed by atoms with van der Waals surface area (Å²) in [6, 6.07) is 4.87. The van der Waals surface area contributed by atoms with Crippen molar-refractivity contribution in [1.29, 1.82) is 0 Å². The number of hydrogen-bond acceptors (Lipinski definition) is 3. The number of nitrogens with one attached hydrogen (secondary N) is 2. The van der Waals surface area contributed by atoms with Crippen LogP contribution in [-0.4, -0.2) is 35.3 Å². The SMILES string of the molecule is CCCCC1(c2ccc(F)cc2)NC(=O)N(CC(=O)NC(C)C(C)C)C1=O. The summed E-state index contributed by atoms with van der Waals surface area (Å²) in [5, 5.41) is 5.56. The fourth-order valence-electron chi connectivity index (χ4n) is 3.07. The van der Waals surface area contributed by atoms with Crippen LogP contribution in [0.4, 0.5) is 9.18 Å². The second-order valence-electron chi connectivity index (χ2n) is 7.44. The van der Waals surface area contributed by atoms with E-state index in [1.54, 1.807) is 0 Å². The first-order chi connectivity index (χ1) is 12.7. The molecule has 2 N–H and O–H groups in total. The van der Waals surface area contributed by atoms with E-state index in [1.807, 2.05) is 27.7 Å². The van der Waals surface area contributed by atoms with Gasteiger partial charge in [-0.1, -0.05) is 45.7 Å². The lowest BCUT2D eigenvalue weighted by atomic mass is 9.85. The maximum atomic E-state index is 13.3. The van der Waals surface area contributed by atoms with Crippen LogP contribution in [0.25, 0.3) is 0 Å². The van der Waals surface area contributed by atoms with E-state index in [9.17, 15) is 18.8 Å². The Balaban J connectivity index is 2.25. The molecule has 27 heavy (non-hydrogen) atoms. The van der Waals surface area contributed by atoms with Gasteiger partial charge < -0.3 is 10.6 Å². The molecule has 1 aliphatic heterocycles. The molecule has 148 valence electrons. The van der Waals surface area contributed by atoms with Crippen LogP contribution >= 0.6 is 0 Å². The highest BCUT2D eigenvalue weighted by Crippen LogP contribution is 2.34. The summed E-state index contributed by atoms with van der Waals surface area (Å²) in [7, 11) is 0. The predicted octanol–water partition coefficient (Wildman–Crippen LogP) is 2.92.